The van der Waals surface area contributed by atoms with Gasteiger partial charge in [-0.2, -0.15) is 0 Å². The predicted molar refractivity (Wildman–Crippen MR) is 42.8 cm³/mol. The van der Waals surface area contributed by atoms with Crippen LogP contribution in [-0.4, -0.2) is 12.6 Å². The molecule has 0 atom stereocenters. The summed E-state index contributed by atoms with van der Waals surface area (Å²) in [6.07, 6.45) is 0.901. The van der Waals surface area contributed by atoms with Crippen molar-refractivity contribution in [2.75, 3.05) is 6.61 Å². The SMILES string of the molecule is C.CCCOC(=O)C(C)C. The van der Waals surface area contributed by atoms with Gasteiger partial charge in [-0.3, -0.25) is 4.79 Å². The van der Waals surface area contributed by atoms with Crippen molar-refractivity contribution in [1.82, 2.24) is 0 Å². The van der Waals surface area contributed by atoms with E-state index in [1.54, 1.807) is 0 Å². The summed E-state index contributed by atoms with van der Waals surface area (Å²) < 4.78 is 4.81. The molecule has 0 fully saturated rings. The number of carbonyl (C=O) groups is 1. The minimum atomic E-state index is -0.100. The zero-order valence-electron chi connectivity index (χ0n) is 6.31. The fraction of sp³-hybridized carbons (Fsp3) is 0.875. The molecule has 0 unspecified atom stereocenters. The highest BCUT2D eigenvalue weighted by atomic mass is 16.5. The molecule has 0 saturated carbocycles. The molecule has 0 aliphatic rings. The van der Waals surface area contributed by atoms with E-state index in [0.717, 1.165) is 6.42 Å². The normalized spacial score (nSPS) is 8.80. The van der Waals surface area contributed by atoms with Crippen molar-refractivity contribution in [3.05, 3.63) is 0 Å². The van der Waals surface area contributed by atoms with E-state index in [1.165, 1.54) is 0 Å². The van der Waals surface area contributed by atoms with Crippen molar-refractivity contribution in [3.63, 3.8) is 0 Å². The van der Waals surface area contributed by atoms with Gasteiger partial charge in [0, 0.05) is 0 Å². The maximum absolute atomic E-state index is 10.7. The average molecular weight is 146 g/mol. The highest BCUT2D eigenvalue weighted by Crippen LogP contribution is 1.95. The minimum absolute atomic E-state index is 0. The second-order valence-corrected chi connectivity index (χ2v) is 2.32. The first-order valence-electron chi connectivity index (χ1n) is 3.35. The summed E-state index contributed by atoms with van der Waals surface area (Å²) in [6, 6.07) is 0. The summed E-state index contributed by atoms with van der Waals surface area (Å²) in [6.45, 7) is 6.20. The minimum Gasteiger partial charge on any atom is -0.465 e. The lowest BCUT2D eigenvalue weighted by atomic mass is 10.2. The molecule has 0 saturated heterocycles. The van der Waals surface area contributed by atoms with Crippen molar-refractivity contribution in [3.8, 4) is 0 Å². The van der Waals surface area contributed by atoms with E-state index in [4.69, 9.17) is 4.74 Å². The second-order valence-electron chi connectivity index (χ2n) is 2.32. The first-order chi connectivity index (χ1) is 4.18. The smallest absolute Gasteiger partial charge is 0.308 e. The van der Waals surface area contributed by atoms with E-state index < -0.39 is 0 Å². The van der Waals surface area contributed by atoms with E-state index >= 15 is 0 Å². The van der Waals surface area contributed by atoms with Crippen LogP contribution in [0.4, 0.5) is 0 Å². The van der Waals surface area contributed by atoms with Crippen LogP contribution < -0.4 is 0 Å². The molecular formula is C8H18O2. The zero-order valence-corrected chi connectivity index (χ0v) is 6.31. The topological polar surface area (TPSA) is 26.3 Å². The Labute approximate surface area is 63.6 Å². The number of ether oxygens (including phenoxy) is 1. The molecule has 0 N–H and O–H groups in total. The van der Waals surface area contributed by atoms with Gasteiger partial charge >= 0.3 is 5.97 Å². The number of esters is 1. The van der Waals surface area contributed by atoms with Gasteiger partial charge in [0.05, 0.1) is 12.5 Å². The largest absolute Gasteiger partial charge is 0.465 e. The Morgan fingerprint density at radius 3 is 2.30 bits per heavy atom. The highest BCUT2D eigenvalue weighted by Gasteiger charge is 2.05. The lowest BCUT2D eigenvalue weighted by molar-refractivity contribution is -0.147. The standard InChI is InChI=1S/C7H14O2.CH4/c1-4-5-9-7(8)6(2)3;/h6H,4-5H2,1-3H3;1H4. The molecule has 0 rings (SSSR count). The molecule has 0 aromatic carbocycles. The Morgan fingerprint density at radius 2 is 2.00 bits per heavy atom. The molecule has 2 nitrogen and oxygen atoms in total. The van der Waals surface area contributed by atoms with Crippen LogP contribution in [0.1, 0.15) is 34.6 Å². The van der Waals surface area contributed by atoms with Crippen LogP contribution in [0.25, 0.3) is 0 Å². The summed E-state index contributed by atoms with van der Waals surface area (Å²) in [5.41, 5.74) is 0. The van der Waals surface area contributed by atoms with Crippen LogP contribution in [-0.2, 0) is 9.53 Å². The molecule has 0 aromatic heterocycles. The summed E-state index contributed by atoms with van der Waals surface area (Å²) >= 11 is 0. The molecule has 0 amide bonds. The third kappa shape index (κ3) is 5.60. The van der Waals surface area contributed by atoms with E-state index in [-0.39, 0.29) is 19.3 Å². The van der Waals surface area contributed by atoms with Crippen molar-refractivity contribution >= 4 is 5.97 Å². The van der Waals surface area contributed by atoms with Gasteiger partial charge in [0.15, 0.2) is 0 Å². The quantitative estimate of drug-likeness (QED) is 0.571. The molecule has 0 aromatic rings. The summed E-state index contributed by atoms with van der Waals surface area (Å²) in [7, 11) is 0. The van der Waals surface area contributed by atoms with Crippen LogP contribution in [0, 0.1) is 5.92 Å². The number of rotatable bonds is 3. The van der Waals surface area contributed by atoms with Gasteiger partial charge in [-0.25, -0.2) is 0 Å². The van der Waals surface area contributed by atoms with Gasteiger partial charge in [-0.15, -0.1) is 0 Å². The van der Waals surface area contributed by atoms with Crippen molar-refractivity contribution < 1.29 is 9.53 Å². The number of hydrogen-bond donors (Lipinski definition) is 0. The molecule has 62 valence electrons. The van der Waals surface area contributed by atoms with Crippen LogP contribution >= 0.6 is 0 Å². The Hall–Kier alpha value is -0.530. The number of hydrogen-bond acceptors (Lipinski definition) is 2. The predicted octanol–water partition coefficient (Wildman–Crippen LogP) is 2.23. The van der Waals surface area contributed by atoms with Gasteiger partial charge in [0.25, 0.3) is 0 Å². The Bertz CT molecular complexity index is 87.3. The fourth-order valence-electron chi connectivity index (χ4n) is 0.369. The summed E-state index contributed by atoms with van der Waals surface area (Å²) in [4.78, 5) is 10.7. The van der Waals surface area contributed by atoms with E-state index in [0.29, 0.717) is 6.61 Å². The van der Waals surface area contributed by atoms with Gasteiger partial charge in [-0.1, -0.05) is 28.2 Å². The van der Waals surface area contributed by atoms with Crippen molar-refractivity contribution in [2.45, 2.75) is 34.6 Å². The molecule has 0 heterocycles. The Morgan fingerprint density at radius 1 is 1.50 bits per heavy atom. The fourth-order valence-corrected chi connectivity index (χ4v) is 0.369. The van der Waals surface area contributed by atoms with E-state index in [2.05, 4.69) is 0 Å². The maximum Gasteiger partial charge on any atom is 0.308 e. The molecule has 0 aliphatic carbocycles. The molecule has 2 heteroatoms. The van der Waals surface area contributed by atoms with E-state index in [1.807, 2.05) is 20.8 Å². The first-order valence-corrected chi connectivity index (χ1v) is 3.35. The lowest BCUT2D eigenvalue weighted by Gasteiger charge is -2.03. The van der Waals surface area contributed by atoms with Gasteiger partial charge < -0.3 is 4.74 Å². The van der Waals surface area contributed by atoms with Crippen molar-refractivity contribution in [1.29, 1.82) is 0 Å². The summed E-state index contributed by atoms with van der Waals surface area (Å²) in [5, 5.41) is 0. The molecule has 0 radical (unpaired) electrons. The van der Waals surface area contributed by atoms with Crippen LogP contribution in [0.2, 0.25) is 0 Å². The first kappa shape index (κ1) is 12.2. The van der Waals surface area contributed by atoms with Crippen LogP contribution in [0.15, 0.2) is 0 Å². The Balaban J connectivity index is 0. The zero-order chi connectivity index (χ0) is 7.28. The number of carbonyl (C=O) groups excluding carboxylic acids is 1. The van der Waals surface area contributed by atoms with Gasteiger partial charge in [-0.05, 0) is 6.42 Å². The summed E-state index contributed by atoms with van der Waals surface area (Å²) in [5.74, 6) is -0.0894. The van der Waals surface area contributed by atoms with E-state index in [9.17, 15) is 4.79 Å². The second kappa shape index (κ2) is 6.59. The van der Waals surface area contributed by atoms with Gasteiger partial charge in [0.2, 0.25) is 0 Å². The molecule has 0 bridgehead atoms. The Kier molecular flexibility index (Phi) is 8.02. The van der Waals surface area contributed by atoms with Crippen LogP contribution in [0.5, 0.6) is 0 Å². The average Bonchev–Trinajstić information content (AvgIpc) is 1.82. The molecule has 0 spiro atoms. The monoisotopic (exact) mass is 146 g/mol. The maximum atomic E-state index is 10.7. The molecule has 10 heavy (non-hydrogen) atoms. The lowest BCUT2D eigenvalue weighted by Crippen LogP contribution is -2.11. The third-order valence-electron chi connectivity index (χ3n) is 0.920. The third-order valence-corrected chi connectivity index (χ3v) is 0.920. The molecular weight excluding hydrogens is 128 g/mol. The molecule has 0 aliphatic heterocycles. The highest BCUT2D eigenvalue weighted by molar-refractivity contribution is 5.71. The van der Waals surface area contributed by atoms with Crippen LogP contribution in [0.3, 0.4) is 0 Å². The van der Waals surface area contributed by atoms with Gasteiger partial charge in [0.1, 0.15) is 0 Å². The van der Waals surface area contributed by atoms with Crippen molar-refractivity contribution in [2.24, 2.45) is 5.92 Å².